The largest absolute Gasteiger partial charge is 0.349 e. The number of nitrogens with zero attached hydrogens (tertiary/aromatic N) is 1. The highest BCUT2D eigenvalue weighted by Gasteiger charge is 2.35. The lowest BCUT2D eigenvalue weighted by Gasteiger charge is -2.17. The molecule has 1 aromatic carbocycles. The number of carbonyl (C=O) groups is 3. The Kier molecular flexibility index (Phi) is 5.41. The molecule has 0 radical (unpaired) electrons. The van der Waals surface area contributed by atoms with Gasteiger partial charge in [0.25, 0.3) is 5.91 Å². The van der Waals surface area contributed by atoms with Gasteiger partial charge in [0, 0.05) is 29.6 Å². The number of nitrogens with one attached hydrogen (secondary N) is 2. The van der Waals surface area contributed by atoms with Gasteiger partial charge in [0.1, 0.15) is 5.00 Å². The summed E-state index contributed by atoms with van der Waals surface area (Å²) in [6.07, 6.45) is 4.19. The van der Waals surface area contributed by atoms with E-state index in [1.807, 2.05) is 30.5 Å². The quantitative estimate of drug-likeness (QED) is 0.709. The summed E-state index contributed by atoms with van der Waals surface area (Å²) < 4.78 is 0. The van der Waals surface area contributed by atoms with E-state index in [9.17, 15) is 14.4 Å². The van der Waals surface area contributed by atoms with Crippen molar-refractivity contribution in [1.82, 2.24) is 5.32 Å². The standard InChI is InChI=1S/C20H21N3O3S2/c1-27-15-6-4-14(5-7-15)23-11-12(10-17(23)24)18(25)22-20-16(8-9-28-20)19(26)21-13-2-3-13/h4-9,12-13H,2-3,10-11H2,1H3,(H,21,26)(H,22,25). The van der Waals surface area contributed by atoms with Gasteiger partial charge in [0.05, 0.1) is 11.5 Å². The van der Waals surface area contributed by atoms with Crippen LogP contribution in [0.4, 0.5) is 10.7 Å². The van der Waals surface area contributed by atoms with Crippen molar-refractivity contribution < 1.29 is 14.4 Å². The molecule has 2 N–H and O–H groups in total. The third-order valence-corrected chi connectivity index (χ3v) is 6.51. The summed E-state index contributed by atoms with van der Waals surface area (Å²) in [5.41, 5.74) is 1.29. The van der Waals surface area contributed by atoms with E-state index in [0.29, 0.717) is 17.1 Å². The van der Waals surface area contributed by atoms with Gasteiger partial charge in [-0.05, 0) is 54.8 Å². The Labute approximate surface area is 171 Å². The molecule has 1 aliphatic heterocycles. The molecule has 146 valence electrons. The molecule has 1 aromatic heterocycles. The molecule has 4 rings (SSSR count). The van der Waals surface area contributed by atoms with Crippen molar-refractivity contribution in [2.75, 3.05) is 23.0 Å². The van der Waals surface area contributed by atoms with Crippen LogP contribution < -0.4 is 15.5 Å². The van der Waals surface area contributed by atoms with E-state index < -0.39 is 5.92 Å². The first-order valence-electron chi connectivity index (χ1n) is 9.19. The van der Waals surface area contributed by atoms with E-state index >= 15 is 0 Å². The third-order valence-electron chi connectivity index (χ3n) is 4.94. The van der Waals surface area contributed by atoms with Gasteiger partial charge < -0.3 is 15.5 Å². The molecule has 2 fully saturated rings. The smallest absolute Gasteiger partial charge is 0.254 e. The molecule has 2 heterocycles. The van der Waals surface area contributed by atoms with Gasteiger partial charge in [-0.1, -0.05) is 0 Å². The number of thioether (sulfide) groups is 1. The number of hydrogen-bond acceptors (Lipinski definition) is 5. The number of carbonyl (C=O) groups excluding carboxylic acids is 3. The Morgan fingerprint density at radius 3 is 2.61 bits per heavy atom. The molecule has 1 unspecified atom stereocenters. The topological polar surface area (TPSA) is 78.5 Å². The first-order valence-corrected chi connectivity index (χ1v) is 11.3. The van der Waals surface area contributed by atoms with Gasteiger partial charge in [-0.3, -0.25) is 14.4 Å². The van der Waals surface area contributed by atoms with Crippen LogP contribution in [0, 0.1) is 5.92 Å². The zero-order valence-electron chi connectivity index (χ0n) is 15.4. The minimum absolute atomic E-state index is 0.0602. The molecule has 2 aromatic rings. The summed E-state index contributed by atoms with van der Waals surface area (Å²) in [7, 11) is 0. The molecule has 1 saturated heterocycles. The fraction of sp³-hybridized carbons (Fsp3) is 0.350. The van der Waals surface area contributed by atoms with Crippen LogP contribution in [0.15, 0.2) is 40.6 Å². The van der Waals surface area contributed by atoms with Crippen LogP contribution in [-0.4, -0.2) is 36.6 Å². The number of rotatable bonds is 6. The van der Waals surface area contributed by atoms with Crippen molar-refractivity contribution >= 4 is 51.5 Å². The zero-order chi connectivity index (χ0) is 19.7. The van der Waals surface area contributed by atoms with Crippen LogP contribution in [0.5, 0.6) is 0 Å². The molecule has 3 amide bonds. The van der Waals surface area contributed by atoms with Crippen molar-refractivity contribution in [1.29, 1.82) is 0 Å². The SMILES string of the molecule is CSc1ccc(N2CC(C(=O)Nc3sccc3C(=O)NC3CC3)CC2=O)cc1. The minimum atomic E-state index is -0.436. The lowest BCUT2D eigenvalue weighted by atomic mass is 10.1. The van der Waals surface area contributed by atoms with Crippen LogP contribution in [-0.2, 0) is 9.59 Å². The fourth-order valence-electron chi connectivity index (χ4n) is 3.18. The molecular formula is C20H21N3O3S2. The Bertz CT molecular complexity index is 906. The third kappa shape index (κ3) is 4.07. The molecule has 1 atom stereocenters. The zero-order valence-corrected chi connectivity index (χ0v) is 17.1. The Morgan fingerprint density at radius 2 is 1.93 bits per heavy atom. The summed E-state index contributed by atoms with van der Waals surface area (Å²) >= 11 is 2.96. The molecule has 6 nitrogen and oxygen atoms in total. The highest BCUT2D eigenvalue weighted by molar-refractivity contribution is 7.98. The monoisotopic (exact) mass is 415 g/mol. The molecule has 0 bridgehead atoms. The maximum atomic E-state index is 12.7. The maximum Gasteiger partial charge on any atom is 0.254 e. The van der Waals surface area contributed by atoms with E-state index in [0.717, 1.165) is 23.4 Å². The van der Waals surface area contributed by atoms with Crippen LogP contribution in [0.2, 0.25) is 0 Å². The molecule has 1 aliphatic carbocycles. The maximum absolute atomic E-state index is 12.7. The molecule has 28 heavy (non-hydrogen) atoms. The second-order valence-electron chi connectivity index (χ2n) is 7.00. The fourth-order valence-corrected chi connectivity index (χ4v) is 4.38. The van der Waals surface area contributed by atoms with Crippen molar-refractivity contribution in [2.45, 2.75) is 30.2 Å². The first-order chi connectivity index (χ1) is 13.5. The van der Waals surface area contributed by atoms with Crippen molar-refractivity contribution in [3.63, 3.8) is 0 Å². The summed E-state index contributed by atoms with van der Waals surface area (Å²) in [5, 5.41) is 8.12. The van der Waals surface area contributed by atoms with Gasteiger partial charge in [-0.2, -0.15) is 0 Å². The van der Waals surface area contributed by atoms with E-state index in [1.54, 1.807) is 28.1 Å². The highest BCUT2D eigenvalue weighted by Crippen LogP contribution is 2.30. The summed E-state index contributed by atoms with van der Waals surface area (Å²) in [4.78, 5) is 40.2. The molecular weight excluding hydrogens is 394 g/mol. The van der Waals surface area contributed by atoms with E-state index in [2.05, 4.69) is 10.6 Å². The predicted molar refractivity (Wildman–Crippen MR) is 112 cm³/mol. The Morgan fingerprint density at radius 1 is 1.18 bits per heavy atom. The van der Waals surface area contributed by atoms with E-state index in [1.165, 1.54) is 11.3 Å². The van der Waals surface area contributed by atoms with Gasteiger partial charge in [-0.15, -0.1) is 23.1 Å². The van der Waals surface area contributed by atoms with Crippen molar-refractivity contribution in [3.05, 3.63) is 41.3 Å². The summed E-state index contributed by atoms with van der Waals surface area (Å²) in [6.45, 7) is 0.345. The van der Waals surface area contributed by atoms with Crippen molar-refractivity contribution in [2.24, 2.45) is 5.92 Å². The second kappa shape index (κ2) is 7.97. The van der Waals surface area contributed by atoms with Gasteiger partial charge in [-0.25, -0.2) is 0 Å². The van der Waals surface area contributed by atoms with Gasteiger partial charge in [0.15, 0.2) is 0 Å². The number of hydrogen-bond donors (Lipinski definition) is 2. The molecule has 8 heteroatoms. The lowest BCUT2D eigenvalue weighted by Crippen LogP contribution is -2.29. The van der Waals surface area contributed by atoms with Gasteiger partial charge >= 0.3 is 0 Å². The predicted octanol–water partition coefficient (Wildman–Crippen LogP) is 3.35. The number of thiophene rings is 1. The summed E-state index contributed by atoms with van der Waals surface area (Å²) in [5.74, 6) is -0.874. The average molecular weight is 416 g/mol. The second-order valence-corrected chi connectivity index (χ2v) is 8.80. The number of anilines is 2. The van der Waals surface area contributed by atoms with Crippen LogP contribution in [0.25, 0.3) is 0 Å². The molecule has 0 spiro atoms. The lowest BCUT2D eigenvalue weighted by molar-refractivity contribution is -0.122. The van der Waals surface area contributed by atoms with Gasteiger partial charge in [0.2, 0.25) is 11.8 Å². The minimum Gasteiger partial charge on any atom is -0.349 e. The average Bonchev–Trinajstić information content (AvgIpc) is 3.23. The molecule has 1 saturated carbocycles. The van der Waals surface area contributed by atoms with Crippen LogP contribution >= 0.6 is 23.1 Å². The normalized spacial score (nSPS) is 19.0. The van der Waals surface area contributed by atoms with Crippen molar-refractivity contribution in [3.8, 4) is 0 Å². The highest BCUT2D eigenvalue weighted by atomic mass is 32.2. The van der Waals surface area contributed by atoms with Crippen LogP contribution in [0.3, 0.4) is 0 Å². The van der Waals surface area contributed by atoms with E-state index in [-0.39, 0.29) is 30.2 Å². The Hall–Kier alpha value is -2.32. The molecule has 2 aliphatic rings. The van der Waals surface area contributed by atoms with E-state index in [4.69, 9.17) is 0 Å². The Balaban J connectivity index is 1.41. The van der Waals surface area contributed by atoms with Crippen LogP contribution in [0.1, 0.15) is 29.6 Å². The number of amides is 3. The first kappa shape index (κ1) is 19.0. The number of benzene rings is 1. The summed E-state index contributed by atoms with van der Waals surface area (Å²) in [6, 6.07) is 9.73.